The maximum absolute atomic E-state index is 12.3. The van der Waals surface area contributed by atoms with Gasteiger partial charge in [0.05, 0.1) is 0 Å². The lowest BCUT2D eigenvalue weighted by atomic mass is 10.1. The van der Waals surface area contributed by atoms with Crippen molar-refractivity contribution in [2.24, 2.45) is 13.0 Å². The smallest absolute Gasteiger partial charge is 0.276 e. The Morgan fingerprint density at radius 3 is 2.50 bits per heavy atom. The zero-order valence-corrected chi connectivity index (χ0v) is 15.0. The fourth-order valence-electron chi connectivity index (χ4n) is 2.84. The van der Waals surface area contributed by atoms with Crippen molar-refractivity contribution in [3.05, 3.63) is 40.5 Å². The van der Waals surface area contributed by atoms with Crippen molar-refractivity contribution in [2.75, 3.05) is 10.6 Å². The van der Waals surface area contributed by atoms with E-state index in [-0.39, 0.29) is 23.4 Å². The molecule has 2 aromatic rings. The first kappa shape index (κ1) is 16.7. The summed E-state index contributed by atoms with van der Waals surface area (Å²) in [6.07, 6.45) is 4.07. The van der Waals surface area contributed by atoms with E-state index in [0.717, 1.165) is 30.2 Å². The third-order valence-electron chi connectivity index (χ3n) is 4.19. The highest BCUT2D eigenvalue weighted by molar-refractivity contribution is 9.10. The molecule has 7 heteroatoms. The van der Waals surface area contributed by atoms with Gasteiger partial charge in [0.25, 0.3) is 5.91 Å². The third kappa shape index (κ3) is 3.84. The van der Waals surface area contributed by atoms with Gasteiger partial charge in [-0.3, -0.25) is 14.3 Å². The van der Waals surface area contributed by atoms with E-state index in [0.29, 0.717) is 11.5 Å². The summed E-state index contributed by atoms with van der Waals surface area (Å²) >= 11 is 3.35. The van der Waals surface area contributed by atoms with Gasteiger partial charge >= 0.3 is 0 Å². The Morgan fingerprint density at radius 2 is 1.83 bits per heavy atom. The van der Waals surface area contributed by atoms with Gasteiger partial charge in [-0.2, -0.15) is 5.10 Å². The van der Waals surface area contributed by atoms with E-state index in [1.54, 1.807) is 25.2 Å². The number of nitrogens with zero attached hydrogens (tertiary/aromatic N) is 2. The Labute approximate surface area is 148 Å². The molecule has 1 fully saturated rings. The molecule has 0 atom stereocenters. The number of hydrogen-bond acceptors (Lipinski definition) is 3. The lowest BCUT2D eigenvalue weighted by Crippen LogP contribution is -2.21. The predicted octanol–water partition coefficient (Wildman–Crippen LogP) is 3.56. The van der Waals surface area contributed by atoms with Crippen molar-refractivity contribution < 1.29 is 9.59 Å². The van der Waals surface area contributed by atoms with Crippen molar-refractivity contribution in [3.63, 3.8) is 0 Å². The number of halogens is 1. The average Bonchev–Trinajstić information content (AvgIpc) is 3.20. The van der Waals surface area contributed by atoms with E-state index < -0.39 is 0 Å². The second kappa shape index (κ2) is 7.17. The molecule has 0 aliphatic heterocycles. The number of amides is 2. The molecule has 1 aromatic carbocycles. The maximum Gasteiger partial charge on any atom is 0.276 e. The Hall–Kier alpha value is -2.15. The predicted molar refractivity (Wildman–Crippen MR) is 95.9 cm³/mol. The average molecular weight is 391 g/mol. The molecular weight excluding hydrogens is 372 g/mol. The van der Waals surface area contributed by atoms with E-state index in [1.807, 2.05) is 12.1 Å². The van der Waals surface area contributed by atoms with Crippen molar-refractivity contribution in [1.29, 1.82) is 0 Å². The van der Waals surface area contributed by atoms with Gasteiger partial charge in [0.1, 0.15) is 5.82 Å². The zero-order chi connectivity index (χ0) is 17.1. The molecule has 24 heavy (non-hydrogen) atoms. The lowest BCUT2D eigenvalue weighted by Gasteiger charge is -2.09. The van der Waals surface area contributed by atoms with Crippen LogP contribution in [0.5, 0.6) is 0 Å². The molecule has 1 heterocycles. The summed E-state index contributed by atoms with van der Waals surface area (Å²) in [5.41, 5.74) is 0.951. The van der Waals surface area contributed by atoms with Crippen LogP contribution in [0.1, 0.15) is 36.2 Å². The number of anilines is 2. The zero-order valence-electron chi connectivity index (χ0n) is 13.4. The summed E-state index contributed by atoms with van der Waals surface area (Å²) in [5.74, 6) is 0.303. The summed E-state index contributed by atoms with van der Waals surface area (Å²) in [5, 5.41) is 9.84. The second-order valence-electron chi connectivity index (χ2n) is 5.97. The van der Waals surface area contributed by atoms with Crippen LogP contribution < -0.4 is 10.6 Å². The van der Waals surface area contributed by atoms with Crippen LogP contribution in [-0.2, 0) is 11.8 Å². The van der Waals surface area contributed by atoms with Crippen LogP contribution in [0.3, 0.4) is 0 Å². The van der Waals surface area contributed by atoms with Crippen molar-refractivity contribution in [2.45, 2.75) is 25.7 Å². The highest BCUT2D eigenvalue weighted by Crippen LogP contribution is 2.26. The Morgan fingerprint density at radius 1 is 1.17 bits per heavy atom. The second-order valence-corrected chi connectivity index (χ2v) is 6.89. The molecule has 3 rings (SSSR count). The van der Waals surface area contributed by atoms with Gasteiger partial charge in [0.2, 0.25) is 5.91 Å². The maximum atomic E-state index is 12.3. The van der Waals surface area contributed by atoms with Gasteiger partial charge in [-0.25, -0.2) is 0 Å². The number of aryl methyl sites for hydroxylation is 1. The highest BCUT2D eigenvalue weighted by atomic mass is 79.9. The lowest BCUT2D eigenvalue weighted by molar-refractivity contribution is -0.119. The van der Waals surface area contributed by atoms with Crippen molar-refractivity contribution in [3.8, 4) is 0 Å². The molecule has 1 aromatic heterocycles. The van der Waals surface area contributed by atoms with Crippen LogP contribution in [0.15, 0.2) is 34.8 Å². The van der Waals surface area contributed by atoms with Crippen molar-refractivity contribution in [1.82, 2.24) is 9.78 Å². The summed E-state index contributed by atoms with van der Waals surface area (Å²) in [4.78, 5) is 24.5. The molecule has 0 saturated heterocycles. The SMILES string of the molecule is Cn1nc(C(=O)Nc2ccc(Br)cc2)cc1NC(=O)C1CCCC1. The number of benzene rings is 1. The summed E-state index contributed by atoms with van der Waals surface area (Å²) in [6.45, 7) is 0. The molecule has 0 spiro atoms. The number of carbonyl (C=O) groups is 2. The molecule has 1 aliphatic rings. The first-order valence-corrected chi connectivity index (χ1v) is 8.74. The van der Waals surface area contributed by atoms with Crippen LogP contribution in [0.2, 0.25) is 0 Å². The topological polar surface area (TPSA) is 76.0 Å². The third-order valence-corrected chi connectivity index (χ3v) is 4.72. The van der Waals surface area contributed by atoms with E-state index in [2.05, 4.69) is 31.7 Å². The van der Waals surface area contributed by atoms with E-state index in [9.17, 15) is 9.59 Å². The van der Waals surface area contributed by atoms with Crippen LogP contribution in [-0.4, -0.2) is 21.6 Å². The van der Waals surface area contributed by atoms with Gasteiger partial charge in [-0.05, 0) is 37.1 Å². The van der Waals surface area contributed by atoms with Crippen LogP contribution >= 0.6 is 15.9 Å². The molecular formula is C17H19BrN4O2. The fraction of sp³-hybridized carbons (Fsp3) is 0.353. The molecule has 1 aliphatic carbocycles. The minimum Gasteiger partial charge on any atom is -0.321 e. The van der Waals surface area contributed by atoms with Gasteiger partial charge < -0.3 is 10.6 Å². The van der Waals surface area contributed by atoms with E-state index in [1.165, 1.54) is 4.68 Å². The van der Waals surface area contributed by atoms with E-state index >= 15 is 0 Å². The summed E-state index contributed by atoms with van der Waals surface area (Å²) in [7, 11) is 1.71. The Kier molecular flexibility index (Phi) is 4.99. The monoisotopic (exact) mass is 390 g/mol. The van der Waals surface area contributed by atoms with E-state index in [4.69, 9.17) is 0 Å². The number of aromatic nitrogens is 2. The number of hydrogen-bond donors (Lipinski definition) is 2. The molecule has 0 radical (unpaired) electrons. The van der Waals surface area contributed by atoms with Gasteiger partial charge in [0, 0.05) is 29.2 Å². The van der Waals surface area contributed by atoms with Crippen LogP contribution in [0.25, 0.3) is 0 Å². The van der Waals surface area contributed by atoms with Crippen LogP contribution in [0.4, 0.5) is 11.5 Å². The Bertz CT molecular complexity index is 748. The minimum atomic E-state index is -0.311. The first-order valence-electron chi connectivity index (χ1n) is 7.95. The summed E-state index contributed by atoms with van der Waals surface area (Å²) in [6, 6.07) is 8.89. The standard InChI is InChI=1S/C17H19BrN4O2/c1-22-15(20-16(23)11-4-2-3-5-11)10-14(21-22)17(24)19-13-8-6-12(18)7-9-13/h6-11H,2-5H2,1H3,(H,19,24)(H,20,23). The molecule has 126 valence electrons. The number of carbonyl (C=O) groups excluding carboxylic acids is 2. The highest BCUT2D eigenvalue weighted by Gasteiger charge is 2.24. The Balaban J connectivity index is 1.67. The number of rotatable bonds is 4. The quantitative estimate of drug-likeness (QED) is 0.837. The summed E-state index contributed by atoms with van der Waals surface area (Å²) < 4.78 is 2.46. The molecule has 6 nitrogen and oxygen atoms in total. The minimum absolute atomic E-state index is 0.00960. The van der Waals surface area contributed by atoms with Gasteiger partial charge in [-0.1, -0.05) is 28.8 Å². The molecule has 1 saturated carbocycles. The van der Waals surface area contributed by atoms with Gasteiger partial charge in [0.15, 0.2) is 5.69 Å². The molecule has 2 N–H and O–H groups in total. The van der Waals surface area contributed by atoms with Gasteiger partial charge in [-0.15, -0.1) is 0 Å². The van der Waals surface area contributed by atoms with Crippen molar-refractivity contribution >= 4 is 39.2 Å². The van der Waals surface area contributed by atoms with Crippen LogP contribution in [0, 0.1) is 5.92 Å². The molecule has 2 amide bonds. The largest absolute Gasteiger partial charge is 0.321 e. The number of nitrogens with one attached hydrogen (secondary N) is 2. The molecule has 0 bridgehead atoms. The first-order chi connectivity index (χ1) is 11.5. The normalized spacial score (nSPS) is 14.6. The molecule has 0 unspecified atom stereocenters. The fourth-order valence-corrected chi connectivity index (χ4v) is 3.10.